The lowest BCUT2D eigenvalue weighted by Gasteiger charge is -2.10. The summed E-state index contributed by atoms with van der Waals surface area (Å²) in [7, 11) is 0. The van der Waals surface area contributed by atoms with E-state index in [4.69, 9.17) is 11.6 Å². The molecule has 0 heterocycles. The van der Waals surface area contributed by atoms with Gasteiger partial charge in [0, 0.05) is 5.39 Å². The molecule has 78 valence electrons. The van der Waals surface area contributed by atoms with E-state index in [1.165, 1.54) is 6.07 Å². The van der Waals surface area contributed by atoms with Gasteiger partial charge in [-0.15, -0.1) is 0 Å². The summed E-state index contributed by atoms with van der Waals surface area (Å²) in [6.45, 7) is 0. The summed E-state index contributed by atoms with van der Waals surface area (Å²) in [6.07, 6.45) is -4.40. The Bertz CT molecular complexity index is 503. The highest BCUT2D eigenvalue weighted by Crippen LogP contribution is 2.38. The third kappa shape index (κ3) is 1.79. The summed E-state index contributed by atoms with van der Waals surface area (Å²) in [5.74, 6) is 0. The molecule has 0 saturated heterocycles. The minimum Gasteiger partial charge on any atom is -0.166 e. The highest BCUT2D eigenvalue weighted by Gasteiger charge is 2.33. The molecule has 0 aliphatic carbocycles. The fourth-order valence-corrected chi connectivity index (χ4v) is 1.79. The van der Waals surface area contributed by atoms with E-state index in [0.717, 1.165) is 6.07 Å². The number of rotatable bonds is 0. The van der Waals surface area contributed by atoms with Crippen molar-refractivity contribution in [1.82, 2.24) is 0 Å². The smallest absolute Gasteiger partial charge is 0.166 e. The normalized spacial score (nSPS) is 12.0. The molecular formula is C11H6ClF3. The number of alkyl halides is 3. The van der Waals surface area contributed by atoms with Crippen LogP contribution in [0.3, 0.4) is 0 Å². The van der Waals surface area contributed by atoms with E-state index < -0.39 is 11.7 Å². The van der Waals surface area contributed by atoms with E-state index in [-0.39, 0.29) is 5.02 Å². The zero-order valence-corrected chi connectivity index (χ0v) is 8.23. The third-order valence-electron chi connectivity index (χ3n) is 2.17. The van der Waals surface area contributed by atoms with Crippen LogP contribution < -0.4 is 0 Å². The van der Waals surface area contributed by atoms with Gasteiger partial charge in [0.05, 0.1) is 10.6 Å². The number of hydrogen-bond acceptors (Lipinski definition) is 0. The Morgan fingerprint density at radius 1 is 0.933 bits per heavy atom. The molecule has 0 radical (unpaired) electrons. The van der Waals surface area contributed by atoms with Gasteiger partial charge in [0.25, 0.3) is 0 Å². The average molecular weight is 231 g/mol. The van der Waals surface area contributed by atoms with Crippen LogP contribution in [0.5, 0.6) is 0 Å². The van der Waals surface area contributed by atoms with Gasteiger partial charge in [0.1, 0.15) is 0 Å². The standard InChI is InChI=1S/C11H6ClF3/c12-10-8-4-2-1-3-7(8)5-6-9(10)11(13,14)15/h1-6H. The Hall–Kier alpha value is -1.22. The monoisotopic (exact) mass is 230 g/mol. The predicted molar refractivity (Wildman–Crippen MR) is 54.0 cm³/mol. The van der Waals surface area contributed by atoms with Crippen molar-refractivity contribution in [3.63, 3.8) is 0 Å². The molecule has 0 aliphatic heterocycles. The van der Waals surface area contributed by atoms with Gasteiger partial charge in [0.15, 0.2) is 0 Å². The minimum atomic E-state index is -4.40. The number of hydrogen-bond donors (Lipinski definition) is 0. The van der Waals surface area contributed by atoms with Crippen LogP contribution in [0.1, 0.15) is 5.56 Å². The van der Waals surface area contributed by atoms with Crippen molar-refractivity contribution < 1.29 is 13.2 Å². The molecule has 0 aromatic heterocycles. The van der Waals surface area contributed by atoms with Crippen LogP contribution in [0.25, 0.3) is 10.8 Å². The summed E-state index contributed by atoms with van der Waals surface area (Å²) < 4.78 is 37.5. The molecule has 0 spiro atoms. The van der Waals surface area contributed by atoms with E-state index in [1.807, 2.05) is 0 Å². The second-order valence-corrected chi connectivity index (χ2v) is 3.52. The Labute approximate surface area is 89.3 Å². The van der Waals surface area contributed by atoms with E-state index >= 15 is 0 Å². The fourth-order valence-electron chi connectivity index (χ4n) is 1.45. The first kappa shape index (κ1) is 10.3. The zero-order valence-electron chi connectivity index (χ0n) is 7.48. The van der Waals surface area contributed by atoms with Gasteiger partial charge in [-0.3, -0.25) is 0 Å². The number of benzene rings is 2. The Balaban J connectivity index is 2.76. The summed E-state index contributed by atoms with van der Waals surface area (Å²) in [4.78, 5) is 0. The lowest BCUT2D eigenvalue weighted by Crippen LogP contribution is -2.05. The SMILES string of the molecule is FC(F)(F)c1ccc2ccccc2c1Cl. The highest BCUT2D eigenvalue weighted by atomic mass is 35.5. The van der Waals surface area contributed by atoms with Gasteiger partial charge in [-0.2, -0.15) is 13.2 Å². The molecule has 0 atom stereocenters. The molecule has 0 nitrogen and oxygen atoms in total. The number of fused-ring (bicyclic) bond motifs is 1. The fraction of sp³-hybridized carbons (Fsp3) is 0.0909. The minimum absolute atomic E-state index is 0.236. The molecule has 0 amide bonds. The summed E-state index contributed by atoms with van der Waals surface area (Å²) in [5.41, 5.74) is -0.789. The van der Waals surface area contributed by atoms with Gasteiger partial charge in [-0.25, -0.2) is 0 Å². The van der Waals surface area contributed by atoms with Crippen LogP contribution in [0.4, 0.5) is 13.2 Å². The molecular weight excluding hydrogens is 225 g/mol. The Morgan fingerprint density at radius 2 is 1.60 bits per heavy atom. The maximum Gasteiger partial charge on any atom is 0.417 e. The van der Waals surface area contributed by atoms with Gasteiger partial charge >= 0.3 is 6.18 Å². The first-order valence-corrected chi connectivity index (χ1v) is 4.62. The summed E-state index contributed by atoms with van der Waals surface area (Å²) in [6, 6.07) is 9.14. The molecule has 0 fully saturated rings. The summed E-state index contributed by atoms with van der Waals surface area (Å²) >= 11 is 5.71. The van der Waals surface area contributed by atoms with Crippen molar-refractivity contribution >= 4 is 22.4 Å². The van der Waals surface area contributed by atoms with E-state index in [9.17, 15) is 13.2 Å². The van der Waals surface area contributed by atoms with Crippen LogP contribution in [-0.2, 0) is 6.18 Å². The first-order chi connectivity index (χ1) is 7.00. The van der Waals surface area contributed by atoms with Crippen LogP contribution in [-0.4, -0.2) is 0 Å². The molecule has 0 N–H and O–H groups in total. The highest BCUT2D eigenvalue weighted by molar-refractivity contribution is 6.36. The molecule has 0 bridgehead atoms. The lowest BCUT2D eigenvalue weighted by atomic mass is 10.1. The van der Waals surface area contributed by atoms with Crippen molar-refractivity contribution in [3.8, 4) is 0 Å². The second-order valence-electron chi connectivity index (χ2n) is 3.15. The van der Waals surface area contributed by atoms with Crippen molar-refractivity contribution in [2.24, 2.45) is 0 Å². The van der Waals surface area contributed by atoms with Gasteiger partial charge < -0.3 is 0 Å². The largest absolute Gasteiger partial charge is 0.417 e. The molecule has 2 aromatic rings. The van der Waals surface area contributed by atoms with Crippen molar-refractivity contribution in [2.45, 2.75) is 6.18 Å². The molecule has 2 rings (SSSR count). The van der Waals surface area contributed by atoms with Gasteiger partial charge in [0.2, 0.25) is 0 Å². The topological polar surface area (TPSA) is 0 Å². The molecule has 0 saturated carbocycles. The predicted octanol–water partition coefficient (Wildman–Crippen LogP) is 4.51. The summed E-state index contributed by atoms with van der Waals surface area (Å²) in [5, 5.41) is 0.894. The van der Waals surface area contributed by atoms with Crippen LogP contribution in [0.2, 0.25) is 5.02 Å². The molecule has 15 heavy (non-hydrogen) atoms. The second kappa shape index (κ2) is 3.42. The maximum atomic E-state index is 12.5. The number of halogens is 4. The van der Waals surface area contributed by atoms with Crippen LogP contribution in [0, 0.1) is 0 Å². The lowest BCUT2D eigenvalue weighted by molar-refractivity contribution is -0.137. The third-order valence-corrected chi connectivity index (χ3v) is 2.58. The average Bonchev–Trinajstić information content (AvgIpc) is 2.16. The molecule has 2 aromatic carbocycles. The molecule has 4 heteroatoms. The Kier molecular flexibility index (Phi) is 2.35. The maximum absolute atomic E-state index is 12.5. The van der Waals surface area contributed by atoms with E-state index in [0.29, 0.717) is 10.8 Å². The Morgan fingerprint density at radius 3 is 2.27 bits per heavy atom. The van der Waals surface area contributed by atoms with E-state index in [2.05, 4.69) is 0 Å². The van der Waals surface area contributed by atoms with Gasteiger partial charge in [-0.1, -0.05) is 41.9 Å². The van der Waals surface area contributed by atoms with Crippen LogP contribution >= 0.6 is 11.6 Å². The first-order valence-electron chi connectivity index (χ1n) is 4.24. The van der Waals surface area contributed by atoms with Crippen molar-refractivity contribution in [3.05, 3.63) is 47.0 Å². The van der Waals surface area contributed by atoms with Gasteiger partial charge in [-0.05, 0) is 11.5 Å². The molecule has 0 unspecified atom stereocenters. The van der Waals surface area contributed by atoms with E-state index in [1.54, 1.807) is 24.3 Å². The van der Waals surface area contributed by atoms with Crippen molar-refractivity contribution in [1.29, 1.82) is 0 Å². The van der Waals surface area contributed by atoms with Crippen LogP contribution in [0.15, 0.2) is 36.4 Å². The quantitative estimate of drug-likeness (QED) is 0.625. The molecule has 0 aliphatic rings. The van der Waals surface area contributed by atoms with Crippen molar-refractivity contribution in [2.75, 3.05) is 0 Å². The zero-order chi connectivity index (χ0) is 11.1.